The van der Waals surface area contributed by atoms with E-state index in [9.17, 15) is 27.6 Å². The molecule has 1 fully saturated rings. The molecule has 2 heterocycles. The predicted octanol–water partition coefficient (Wildman–Crippen LogP) is 3.88. The van der Waals surface area contributed by atoms with Crippen LogP contribution in [-0.4, -0.2) is 34.6 Å². The van der Waals surface area contributed by atoms with Crippen molar-refractivity contribution in [1.29, 1.82) is 5.41 Å². The van der Waals surface area contributed by atoms with Crippen LogP contribution in [0.4, 0.5) is 30.2 Å². The van der Waals surface area contributed by atoms with Crippen molar-refractivity contribution < 1.29 is 22.8 Å². The third-order valence-electron chi connectivity index (χ3n) is 6.06. The molecule has 0 spiro atoms. The van der Waals surface area contributed by atoms with Gasteiger partial charge in [-0.2, -0.15) is 8.78 Å². The van der Waals surface area contributed by atoms with Gasteiger partial charge in [-0.25, -0.2) is 4.39 Å². The Bertz CT molecular complexity index is 1430. The fourth-order valence-electron chi connectivity index (χ4n) is 4.29. The molecule has 4 rings (SSSR count). The molecule has 1 saturated heterocycles. The molecule has 2 atom stereocenters. The molecule has 1 aliphatic heterocycles. The summed E-state index contributed by atoms with van der Waals surface area (Å²) in [4.78, 5) is 38.1. The molecule has 3 aromatic rings. The van der Waals surface area contributed by atoms with Gasteiger partial charge in [-0.05, 0) is 42.0 Å². The average Bonchev–Trinajstić information content (AvgIpc) is 3.16. The molecular weight excluding hydrogens is 487 g/mol. The lowest BCUT2D eigenvalue weighted by atomic mass is 9.99. The number of nitrogens with one attached hydrogen (secondary N) is 3. The predicted molar refractivity (Wildman–Crippen MR) is 133 cm³/mol. The van der Waals surface area contributed by atoms with E-state index in [1.165, 1.54) is 33.7 Å². The second-order valence-corrected chi connectivity index (χ2v) is 8.84. The number of carbonyl (C=O) groups excluding carboxylic acids is 2. The van der Waals surface area contributed by atoms with Gasteiger partial charge >= 0.3 is 5.92 Å². The summed E-state index contributed by atoms with van der Waals surface area (Å²) < 4.78 is 42.7. The van der Waals surface area contributed by atoms with Gasteiger partial charge in [0, 0.05) is 55.8 Å². The summed E-state index contributed by atoms with van der Waals surface area (Å²) >= 11 is 0. The van der Waals surface area contributed by atoms with Crippen molar-refractivity contribution in [3.63, 3.8) is 0 Å². The molecule has 0 radical (unpaired) electrons. The maximum atomic E-state index is 14.1. The number of halogens is 3. The third kappa shape index (κ3) is 5.40. The lowest BCUT2D eigenvalue weighted by molar-refractivity contribution is -0.143. The zero-order chi connectivity index (χ0) is 26.9. The summed E-state index contributed by atoms with van der Waals surface area (Å²) in [6, 6.07) is 11.1. The molecule has 1 aromatic heterocycles. The molecule has 3 N–H and O–H groups in total. The minimum atomic E-state index is -3.66. The summed E-state index contributed by atoms with van der Waals surface area (Å²) in [5, 5.41) is 13.2. The smallest absolute Gasteiger partial charge is 0.321 e. The maximum Gasteiger partial charge on any atom is 0.321 e. The maximum absolute atomic E-state index is 14.1. The molecule has 2 amide bonds. The Morgan fingerprint density at radius 1 is 1.14 bits per heavy atom. The van der Waals surface area contributed by atoms with Crippen LogP contribution < -0.4 is 21.1 Å². The van der Waals surface area contributed by atoms with Gasteiger partial charge in [-0.1, -0.05) is 12.1 Å². The lowest BCUT2D eigenvalue weighted by Crippen LogP contribution is -2.46. The first kappa shape index (κ1) is 25.7. The number of alkyl halides is 2. The van der Waals surface area contributed by atoms with Gasteiger partial charge in [0.25, 0.3) is 5.91 Å². The third-order valence-corrected chi connectivity index (χ3v) is 6.06. The number of hydrogen-bond donors (Lipinski definition) is 3. The fourth-order valence-corrected chi connectivity index (χ4v) is 4.29. The van der Waals surface area contributed by atoms with E-state index in [2.05, 4.69) is 10.6 Å². The van der Waals surface area contributed by atoms with Crippen molar-refractivity contribution in [3.8, 4) is 0 Å². The van der Waals surface area contributed by atoms with E-state index in [-0.39, 0.29) is 12.0 Å². The van der Waals surface area contributed by atoms with Crippen LogP contribution in [0.3, 0.4) is 0 Å². The van der Waals surface area contributed by atoms with Crippen molar-refractivity contribution in [1.82, 2.24) is 9.88 Å². The van der Waals surface area contributed by atoms with Gasteiger partial charge in [-0.3, -0.25) is 14.4 Å². The van der Waals surface area contributed by atoms with E-state index in [0.717, 1.165) is 6.21 Å². The van der Waals surface area contributed by atoms with Crippen molar-refractivity contribution >= 4 is 35.1 Å². The lowest BCUT2D eigenvalue weighted by Gasteiger charge is -2.30. The summed E-state index contributed by atoms with van der Waals surface area (Å²) in [7, 11) is 1.60. The second-order valence-electron chi connectivity index (χ2n) is 8.84. The number of amides is 2. The molecule has 37 heavy (non-hydrogen) atoms. The molecule has 8 nitrogen and oxygen atoms in total. The van der Waals surface area contributed by atoms with Crippen LogP contribution in [0.1, 0.15) is 30.5 Å². The van der Waals surface area contributed by atoms with Crippen molar-refractivity contribution in [3.05, 3.63) is 88.1 Å². The van der Waals surface area contributed by atoms with Crippen LogP contribution >= 0.6 is 0 Å². The van der Waals surface area contributed by atoms with E-state index in [0.29, 0.717) is 35.1 Å². The van der Waals surface area contributed by atoms with Crippen molar-refractivity contribution in [2.24, 2.45) is 7.05 Å². The number of anilines is 3. The summed E-state index contributed by atoms with van der Waals surface area (Å²) in [6.07, 6.45) is 2.38. The highest BCUT2D eigenvalue weighted by Crippen LogP contribution is 2.39. The number of rotatable bonds is 7. The molecule has 11 heteroatoms. The van der Waals surface area contributed by atoms with Crippen LogP contribution in [0.25, 0.3) is 0 Å². The number of carbonyl (C=O) groups is 2. The van der Waals surface area contributed by atoms with Crippen LogP contribution in [-0.2, 0) is 16.6 Å². The Morgan fingerprint density at radius 2 is 1.89 bits per heavy atom. The summed E-state index contributed by atoms with van der Waals surface area (Å²) in [5.74, 6) is -6.25. The number of pyridine rings is 1. The molecular formula is C26H24F3N5O3. The highest BCUT2D eigenvalue weighted by atomic mass is 19.3. The van der Waals surface area contributed by atoms with Crippen molar-refractivity contribution in [2.45, 2.75) is 31.4 Å². The van der Waals surface area contributed by atoms with Crippen LogP contribution in [0.5, 0.6) is 0 Å². The van der Waals surface area contributed by atoms with Crippen LogP contribution in [0.15, 0.2) is 65.6 Å². The number of nitrogens with zero attached hydrogens (tertiary/aromatic N) is 2. The average molecular weight is 512 g/mol. The van der Waals surface area contributed by atoms with Gasteiger partial charge in [0.1, 0.15) is 5.82 Å². The first-order valence-corrected chi connectivity index (χ1v) is 11.3. The topological polar surface area (TPSA) is 107 Å². The zero-order valence-electron chi connectivity index (χ0n) is 20.0. The largest absolute Gasteiger partial charge is 0.354 e. The number of aromatic nitrogens is 1. The van der Waals surface area contributed by atoms with Gasteiger partial charge in [0.15, 0.2) is 0 Å². The van der Waals surface area contributed by atoms with E-state index in [1.807, 2.05) is 0 Å². The Labute approximate surface area is 210 Å². The summed E-state index contributed by atoms with van der Waals surface area (Å²) in [5.41, 5.74) is 1.97. The van der Waals surface area contributed by atoms with E-state index >= 15 is 0 Å². The first-order valence-electron chi connectivity index (χ1n) is 11.3. The molecule has 0 saturated carbocycles. The van der Waals surface area contributed by atoms with E-state index in [4.69, 9.17) is 5.41 Å². The quantitative estimate of drug-likeness (QED) is 0.419. The summed E-state index contributed by atoms with van der Waals surface area (Å²) in [6.45, 7) is 0.459. The molecule has 0 unspecified atom stereocenters. The number of aryl methyl sites for hydroxylation is 1. The Hall–Kier alpha value is -4.41. The first-order chi connectivity index (χ1) is 17.5. The Balaban J connectivity index is 1.72. The monoisotopic (exact) mass is 511 g/mol. The fraction of sp³-hybridized carbons (Fsp3) is 0.231. The SMILES string of the molecule is Cn1cc(Nc2ccc(N3C(=O)C[C@H](NC(=O)C(C)(F)F)[C@H]3c3cccc(F)c3)cc2C=N)ccc1=O. The molecule has 1 aliphatic rings. The number of hydrogen-bond acceptors (Lipinski definition) is 5. The van der Waals surface area contributed by atoms with Gasteiger partial charge in [0.05, 0.1) is 17.8 Å². The minimum Gasteiger partial charge on any atom is -0.354 e. The molecule has 0 bridgehead atoms. The van der Waals surface area contributed by atoms with Gasteiger partial charge in [0.2, 0.25) is 11.5 Å². The molecule has 192 valence electrons. The Morgan fingerprint density at radius 3 is 2.54 bits per heavy atom. The Kier molecular flexibility index (Phi) is 6.88. The molecule has 2 aromatic carbocycles. The van der Waals surface area contributed by atoms with Gasteiger partial charge < -0.3 is 25.5 Å². The standard InChI is InChI=1S/C26H24F3N5O3/c1-26(28,29)25(37)32-21-12-23(36)34(24(21)15-4-3-5-17(27)10-15)19-7-8-20(16(11-19)13-30)31-18-6-9-22(35)33(2)14-18/h3-11,13-14,21,24,30-31H,12H2,1-2H3,(H,32,37)/t21-,24+/m0/s1. The van der Waals surface area contributed by atoms with Crippen molar-refractivity contribution in [2.75, 3.05) is 10.2 Å². The van der Waals surface area contributed by atoms with E-state index < -0.39 is 35.6 Å². The highest BCUT2D eigenvalue weighted by molar-refractivity contribution is 6.00. The highest BCUT2D eigenvalue weighted by Gasteiger charge is 2.45. The van der Waals surface area contributed by atoms with E-state index in [1.54, 1.807) is 43.6 Å². The number of benzene rings is 2. The molecule has 0 aliphatic carbocycles. The normalized spacial score (nSPS) is 17.5. The second kappa shape index (κ2) is 9.92. The van der Waals surface area contributed by atoms with Crippen LogP contribution in [0.2, 0.25) is 0 Å². The van der Waals surface area contributed by atoms with Gasteiger partial charge in [-0.15, -0.1) is 0 Å². The van der Waals surface area contributed by atoms with Crippen LogP contribution in [0, 0.1) is 11.2 Å². The zero-order valence-corrected chi connectivity index (χ0v) is 20.0. The minimum absolute atomic E-state index is 0.188.